The van der Waals surface area contributed by atoms with Crippen molar-refractivity contribution in [1.29, 1.82) is 10.5 Å². The molecule has 0 saturated heterocycles. The number of hydrogen-bond acceptors (Lipinski definition) is 4. The zero-order valence-corrected chi connectivity index (χ0v) is 5.73. The van der Waals surface area contributed by atoms with E-state index in [1.54, 1.807) is 0 Å². The van der Waals surface area contributed by atoms with E-state index in [2.05, 4.69) is 0 Å². The normalized spacial score (nSPS) is 7.56. The van der Waals surface area contributed by atoms with Crippen LogP contribution in [0, 0.1) is 22.7 Å². The maximum atomic E-state index is 8.82. The molecule has 0 aromatic heterocycles. The van der Waals surface area contributed by atoms with Crippen molar-refractivity contribution in [2.75, 3.05) is 0 Å². The molecule has 6 nitrogen and oxygen atoms in total. The second kappa shape index (κ2) is 5.16. The average molecular weight is 197 g/mol. The molecule has 0 aromatic carbocycles. The van der Waals surface area contributed by atoms with Gasteiger partial charge in [0.1, 0.15) is 0 Å². The fourth-order valence-corrected chi connectivity index (χ4v) is 0. The van der Waals surface area contributed by atoms with E-state index in [4.69, 9.17) is 26.6 Å². The first-order valence-corrected chi connectivity index (χ1v) is 4.33. The monoisotopic (exact) mass is 198 g/mol. The van der Waals surface area contributed by atoms with Crippen LogP contribution in [0.5, 0.6) is 0 Å². The summed E-state index contributed by atoms with van der Waals surface area (Å²) < 4.78 is 31.9. The van der Waals surface area contributed by atoms with Gasteiger partial charge in [-0.25, -0.2) is 0 Å². The second-order valence-corrected chi connectivity index (χ2v) is 2.55. The van der Waals surface area contributed by atoms with Crippen LogP contribution in [0.15, 0.2) is 0 Å². The Morgan fingerprint density at radius 3 is 1.22 bits per heavy atom. The van der Waals surface area contributed by atoms with Crippen molar-refractivity contribution in [3.63, 3.8) is 0 Å². The predicted octanol–water partition coefficient (Wildman–Crippen LogP) is -1.70. The Morgan fingerprint density at radius 1 is 1.11 bits per heavy atom. The zero-order valence-electron chi connectivity index (χ0n) is 4.01. The summed E-state index contributed by atoms with van der Waals surface area (Å²) in [6.07, 6.45) is 0. The molecule has 0 bridgehead atoms. The summed E-state index contributed by atoms with van der Waals surface area (Å²) >= 11 is -5.25. The van der Waals surface area contributed by atoms with Gasteiger partial charge in [0.2, 0.25) is 0 Å². The molecule has 0 atom stereocenters. The molecule has 0 rings (SSSR count). The maximum absolute atomic E-state index is 8.82. The van der Waals surface area contributed by atoms with Crippen LogP contribution in [0.3, 0.4) is 0 Å². The summed E-state index contributed by atoms with van der Waals surface area (Å²) in [5.74, 6) is 0. The van der Waals surface area contributed by atoms with Gasteiger partial charge >= 0.3 is 29.4 Å². The van der Waals surface area contributed by atoms with E-state index in [9.17, 15) is 0 Å². The molecular weight excluding hydrogens is 195 g/mol. The Bertz CT molecular complexity index is 208. The molecule has 9 heavy (non-hydrogen) atoms. The van der Waals surface area contributed by atoms with E-state index in [1.165, 1.54) is 12.1 Å². The zero-order chi connectivity index (χ0) is 7.91. The van der Waals surface area contributed by atoms with Crippen LogP contribution < -0.4 is 0 Å². The number of nitriles is 2. The first-order chi connectivity index (χ1) is 3.91. The molecule has 2 N–H and O–H groups in total. The van der Waals surface area contributed by atoms with E-state index in [0.29, 0.717) is 0 Å². The average Bonchev–Trinajstić information content (AvgIpc) is 1.61. The van der Waals surface area contributed by atoms with Crippen molar-refractivity contribution in [1.82, 2.24) is 0 Å². The topological polar surface area (TPSA) is 122 Å². The molecule has 0 aliphatic rings. The van der Waals surface area contributed by atoms with E-state index in [-0.39, 0.29) is 0 Å². The Morgan fingerprint density at radius 2 is 1.22 bits per heavy atom. The molecule has 7 heteroatoms. The van der Waals surface area contributed by atoms with Gasteiger partial charge < -0.3 is 0 Å². The van der Waals surface area contributed by atoms with E-state index >= 15 is 0 Å². The standard InChI is InChI=1S/C2N2.H2O4Se/c3-1-2-4;1-5(2,3)4/h;(H2,1,2,3,4). The van der Waals surface area contributed by atoms with Gasteiger partial charge in [0.05, 0.1) is 0 Å². The number of nitrogens with zero attached hydrogens (tertiary/aromatic N) is 2. The minimum atomic E-state index is -5.25. The predicted molar refractivity (Wildman–Crippen MR) is 22.8 cm³/mol. The van der Waals surface area contributed by atoms with Gasteiger partial charge in [-0.3, -0.25) is 0 Å². The van der Waals surface area contributed by atoms with Gasteiger partial charge in [-0.15, -0.1) is 0 Å². The Balaban J connectivity index is 0. The van der Waals surface area contributed by atoms with Gasteiger partial charge in [-0.05, 0) is 0 Å². The minimum absolute atomic E-state index is 1.24. The molecule has 0 aliphatic heterocycles. The van der Waals surface area contributed by atoms with Crippen LogP contribution in [0.1, 0.15) is 0 Å². The van der Waals surface area contributed by atoms with E-state index < -0.39 is 13.4 Å². The third-order valence-electron chi connectivity index (χ3n) is 0.0500. The molecule has 0 heterocycles. The summed E-state index contributed by atoms with van der Waals surface area (Å²) in [5, 5.41) is 14.5. The van der Waals surface area contributed by atoms with Crippen LogP contribution in [0.2, 0.25) is 0 Å². The summed E-state index contributed by atoms with van der Waals surface area (Å²) in [6.45, 7) is 0. The third kappa shape index (κ3) is 466000. The van der Waals surface area contributed by atoms with Crippen molar-refractivity contribution < 1.29 is 16.0 Å². The Labute approximate surface area is 52.9 Å². The first-order valence-electron chi connectivity index (χ1n) is 1.40. The van der Waals surface area contributed by atoms with E-state index in [1.807, 2.05) is 0 Å². The van der Waals surface area contributed by atoms with Gasteiger partial charge in [0, 0.05) is 0 Å². The van der Waals surface area contributed by atoms with Crippen LogP contribution in [0.25, 0.3) is 0 Å². The molecular formula is C2H2N2O4Se. The van der Waals surface area contributed by atoms with Crippen LogP contribution >= 0.6 is 0 Å². The van der Waals surface area contributed by atoms with Crippen LogP contribution in [-0.4, -0.2) is 21.7 Å². The molecule has 50 valence electrons. The number of rotatable bonds is 0. The fourth-order valence-electron chi connectivity index (χ4n) is 0. The van der Waals surface area contributed by atoms with Crippen molar-refractivity contribution in [3.8, 4) is 12.1 Å². The van der Waals surface area contributed by atoms with Crippen molar-refractivity contribution >= 4 is 13.4 Å². The molecule has 0 spiro atoms. The second-order valence-electron chi connectivity index (χ2n) is 0.671. The van der Waals surface area contributed by atoms with Crippen molar-refractivity contribution in [3.05, 3.63) is 0 Å². The summed E-state index contributed by atoms with van der Waals surface area (Å²) in [4.78, 5) is 0. The number of hydrogen-bond donors (Lipinski definition) is 2. The van der Waals surface area contributed by atoms with Gasteiger partial charge in [0.15, 0.2) is 12.1 Å². The third-order valence-corrected chi connectivity index (χ3v) is 0.0500. The molecule has 0 unspecified atom stereocenters. The van der Waals surface area contributed by atoms with Gasteiger partial charge in [-0.1, -0.05) is 0 Å². The van der Waals surface area contributed by atoms with E-state index in [0.717, 1.165) is 0 Å². The van der Waals surface area contributed by atoms with Crippen LogP contribution in [0.4, 0.5) is 0 Å². The van der Waals surface area contributed by atoms with Crippen molar-refractivity contribution in [2.45, 2.75) is 0 Å². The summed E-state index contributed by atoms with van der Waals surface area (Å²) in [7, 11) is 0. The van der Waals surface area contributed by atoms with Gasteiger partial charge in [0.25, 0.3) is 0 Å². The van der Waals surface area contributed by atoms with Gasteiger partial charge in [-0.2, -0.15) is 10.5 Å². The molecule has 0 aliphatic carbocycles. The molecule has 0 radical (unpaired) electrons. The Hall–Kier alpha value is -0.981. The summed E-state index contributed by atoms with van der Waals surface area (Å²) in [6, 6.07) is 2.47. The first kappa shape index (κ1) is 10.9. The van der Waals surface area contributed by atoms with Crippen LogP contribution in [-0.2, 0) is 7.67 Å². The quantitative estimate of drug-likeness (QED) is 0.446. The Kier molecular flexibility index (Phi) is 6.25. The fraction of sp³-hybridized carbons (Fsp3) is 0. The SMILES string of the molecule is N#CC#N.O=[Se](=O)(O)O. The summed E-state index contributed by atoms with van der Waals surface area (Å²) in [5.41, 5.74) is 0. The molecule has 0 saturated carbocycles. The molecule has 0 amide bonds. The molecule has 0 aromatic rings. The molecule has 0 fully saturated rings. The van der Waals surface area contributed by atoms with Crippen molar-refractivity contribution in [2.24, 2.45) is 0 Å².